The van der Waals surface area contributed by atoms with Crippen LogP contribution in [0, 0.1) is 0 Å². The Morgan fingerprint density at radius 3 is 2.56 bits per heavy atom. The first kappa shape index (κ1) is 10.9. The minimum Gasteiger partial charge on any atom is -0.507 e. The molecule has 0 aliphatic rings. The number of hydrogen-bond acceptors (Lipinski definition) is 4. The molecule has 3 aromatic rings. The van der Waals surface area contributed by atoms with E-state index in [9.17, 15) is 5.11 Å². The van der Waals surface area contributed by atoms with E-state index in [1.54, 1.807) is 18.3 Å². The minimum atomic E-state index is 0.249. The summed E-state index contributed by atoms with van der Waals surface area (Å²) >= 11 is 1.50. The smallest absolute Gasteiger partial charge is 0.127 e. The van der Waals surface area contributed by atoms with Crippen molar-refractivity contribution in [3.8, 4) is 27.7 Å². The molecule has 4 heteroatoms. The number of thiazole rings is 1. The molecule has 2 heterocycles. The maximum atomic E-state index is 9.79. The molecule has 2 aromatic heterocycles. The summed E-state index contributed by atoms with van der Waals surface area (Å²) in [4.78, 5) is 8.77. The van der Waals surface area contributed by atoms with Crippen LogP contribution in [0.4, 0.5) is 0 Å². The highest BCUT2D eigenvalue weighted by Gasteiger charge is 2.09. The fourth-order valence-electron chi connectivity index (χ4n) is 1.68. The molecule has 0 spiro atoms. The number of nitrogens with zero attached hydrogens (tertiary/aromatic N) is 2. The monoisotopic (exact) mass is 254 g/mol. The SMILES string of the molecule is Oc1ccccc1-c1nc(-c2ccccn2)cs1. The summed E-state index contributed by atoms with van der Waals surface area (Å²) in [5, 5.41) is 12.5. The van der Waals surface area contributed by atoms with Gasteiger partial charge in [-0.3, -0.25) is 4.98 Å². The van der Waals surface area contributed by atoms with E-state index in [1.807, 2.05) is 35.7 Å². The van der Waals surface area contributed by atoms with E-state index in [4.69, 9.17) is 0 Å². The molecule has 3 rings (SSSR count). The number of phenols is 1. The molecule has 0 radical (unpaired) electrons. The average molecular weight is 254 g/mol. The lowest BCUT2D eigenvalue weighted by Crippen LogP contribution is -1.82. The molecule has 0 saturated heterocycles. The molecule has 0 bridgehead atoms. The molecule has 18 heavy (non-hydrogen) atoms. The second-order valence-corrected chi connectivity index (χ2v) is 4.63. The molecule has 1 N–H and O–H groups in total. The van der Waals surface area contributed by atoms with E-state index in [-0.39, 0.29) is 5.75 Å². The molecule has 3 nitrogen and oxygen atoms in total. The lowest BCUT2D eigenvalue weighted by Gasteiger charge is -1.99. The summed E-state index contributed by atoms with van der Waals surface area (Å²) in [5.74, 6) is 0.249. The zero-order valence-corrected chi connectivity index (χ0v) is 10.3. The maximum absolute atomic E-state index is 9.79. The van der Waals surface area contributed by atoms with Crippen LogP contribution < -0.4 is 0 Å². The molecule has 0 aliphatic heterocycles. The maximum Gasteiger partial charge on any atom is 0.127 e. The third kappa shape index (κ3) is 1.98. The molecule has 0 aliphatic carbocycles. The summed E-state index contributed by atoms with van der Waals surface area (Å²) < 4.78 is 0. The van der Waals surface area contributed by atoms with Crippen LogP contribution in [0.15, 0.2) is 54.0 Å². The van der Waals surface area contributed by atoms with E-state index in [2.05, 4.69) is 9.97 Å². The Morgan fingerprint density at radius 1 is 0.944 bits per heavy atom. The number of hydrogen-bond donors (Lipinski definition) is 1. The number of benzene rings is 1. The van der Waals surface area contributed by atoms with E-state index < -0.39 is 0 Å². The quantitative estimate of drug-likeness (QED) is 0.760. The van der Waals surface area contributed by atoms with Crippen molar-refractivity contribution in [1.29, 1.82) is 0 Å². The van der Waals surface area contributed by atoms with Gasteiger partial charge in [0.2, 0.25) is 0 Å². The Bertz CT molecular complexity index is 664. The van der Waals surface area contributed by atoms with Crippen molar-refractivity contribution in [3.05, 3.63) is 54.0 Å². The molecule has 0 unspecified atom stereocenters. The zero-order valence-electron chi connectivity index (χ0n) is 9.45. The highest BCUT2D eigenvalue weighted by molar-refractivity contribution is 7.13. The van der Waals surface area contributed by atoms with Crippen molar-refractivity contribution in [3.63, 3.8) is 0 Å². The lowest BCUT2D eigenvalue weighted by atomic mass is 10.2. The van der Waals surface area contributed by atoms with Gasteiger partial charge in [-0.1, -0.05) is 18.2 Å². The highest BCUT2D eigenvalue weighted by atomic mass is 32.1. The van der Waals surface area contributed by atoms with Crippen molar-refractivity contribution >= 4 is 11.3 Å². The predicted octanol–water partition coefficient (Wildman–Crippen LogP) is 3.58. The first-order chi connectivity index (χ1) is 8.84. The van der Waals surface area contributed by atoms with E-state index in [0.717, 1.165) is 22.0 Å². The van der Waals surface area contributed by atoms with Gasteiger partial charge in [0.15, 0.2) is 0 Å². The van der Waals surface area contributed by atoms with Gasteiger partial charge < -0.3 is 5.11 Å². The summed E-state index contributed by atoms with van der Waals surface area (Å²) in [7, 11) is 0. The third-order valence-electron chi connectivity index (χ3n) is 2.57. The average Bonchev–Trinajstić information content (AvgIpc) is 2.90. The Labute approximate surface area is 108 Å². The van der Waals surface area contributed by atoms with Crippen LogP contribution in [0.3, 0.4) is 0 Å². The molecule has 1 aromatic carbocycles. The van der Waals surface area contributed by atoms with E-state index in [0.29, 0.717) is 0 Å². The zero-order chi connectivity index (χ0) is 12.4. The number of phenolic OH excluding ortho intramolecular Hbond substituents is 1. The van der Waals surface area contributed by atoms with Crippen LogP contribution >= 0.6 is 11.3 Å². The van der Waals surface area contributed by atoms with Gasteiger partial charge in [-0.15, -0.1) is 11.3 Å². The Kier molecular flexibility index (Phi) is 2.78. The van der Waals surface area contributed by atoms with Crippen LogP contribution in [0.1, 0.15) is 0 Å². The number of rotatable bonds is 2. The Hall–Kier alpha value is -2.20. The van der Waals surface area contributed by atoms with Gasteiger partial charge in [-0.25, -0.2) is 4.98 Å². The van der Waals surface area contributed by atoms with Crippen LogP contribution in [-0.2, 0) is 0 Å². The Morgan fingerprint density at radius 2 is 1.78 bits per heavy atom. The number of aromatic nitrogens is 2. The molecule has 88 valence electrons. The van der Waals surface area contributed by atoms with Gasteiger partial charge in [0.25, 0.3) is 0 Å². The first-order valence-corrected chi connectivity index (χ1v) is 6.38. The second-order valence-electron chi connectivity index (χ2n) is 3.77. The molecular formula is C14H10N2OS. The molecule has 0 saturated carbocycles. The predicted molar refractivity (Wildman–Crippen MR) is 72.4 cm³/mol. The standard InChI is InChI=1S/C14H10N2OS/c17-13-7-2-1-5-10(13)14-16-12(9-18-14)11-6-3-4-8-15-11/h1-9,17H. The summed E-state index contributed by atoms with van der Waals surface area (Å²) in [5.41, 5.74) is 2.43. The topological polar surface area (TPSA) is 46.0 Å². The molecule has 0 amide bonds. The van der Waals surface area contributed by atoms with Gasteiger partial charge in [0, 0.05) is 11.6 Å². The highest BCUT2D eigenvalue weighted by Crippen LogP contribution is 2.33. The number of para-hydroxylation sites is 1. The van der Waals surface area contributed by atoms with Crippen molar-refractivity contribution < 1.29 is 5.11 Å². The van der Waals surface area contributed by atoms with E-state index >= 15 is 0 Å². The van der Waals surface area contributed by atoms with Crippen LogP contribution in [0.5, 0.6) is 5.75 Å². The Balaban J connectivity index is 2.03. The van der Waals surface area contributed by atoms with Crippen molar-refractivity contribution in [2.24, 2.45) is 0 Å². The fourth-order valence-corrected chi connectivity index (χ4v) is 2.53. The number of pyridine rings is 1. The van der Waals surface area contributed by atoms with Gasteiger partial charge in [-0.2, -0.15) is 0 Å². The second kappa shape index (κ2) is 4.58. The largest absolute Gasteiger partial charge is 0.507 e. The molecular weight excluding hydrogens is 244 g/mol. The van der Waals surface area contributed by atoms with Gasteiger partial charge >= 0.3 is 0 Å². The van der Waals surface area contributed by atoms with Crippen LogP contribution in [-0.4, -0.2) is 15.1 Å². The number of aromatic hydroxyl groups is 1. The fraction of sp³-hybridized carbons (Fsp3) is 0. The molecule has 0 atom stereocenters. The molecule has 0 fully saturated rings. The lowest BCUT2D eigenvalue weighted by molar-refractivity contribution is 0.477. The van der Waals surface area contributed by atoms with Crippen molar-refractivity contribution in [2.45, 2.75) is 0 Å². The van der Waals surface area contributed by atoms with Gasteiger partial charge in [0.05, 0.1) is 11.3 Å². The van der Waals surface area contributed by atoms with Crippen molar-refractivity contribution in [2.75, 3.05) is 0 Å². The van der Waals surface area contributed by atoms with Crippen LogP contribution in [0.2, 0.25) is 0 Å². The first-order valence-electron chi connectivity index (χ1n) is 5.50. The summed E-state index contributed by atoms with van der Waals surface area (Å²) in [6, 6.07) is 12.9. The van der Waals surface area contributed by atoms with Crippen LogP contribution in [0.25, 0.3) is 22.0 Å². The normalized spacial score (nSPS) is 10.4. The van der Waals surface area contributed by atoms with Gasteiger partial charge in [0.1, 0.15) is 16.5 Å². The van der Waals surface area contributed by atoms with E-state index in [1.165, 1.54) is 11.3 Å². The van der Waals surface area contributed by atoms with Crippen molar-refractivity contribution in [1.82, 2.24) is 9.97 Å². The summed E-state index contributed by atoms with van der Waals surface area (Å²) in [6.07, 6.45) is 1.74. The minimum absolute atomic E-state index is 0.249. The third-order valence-corrected chi connectivity index (χ3v) is 3.44. The van der Waals surface area contributed by atoms with Gasteiger partial charge in [-0.05, 0) is 24.3 Å². The summed E-state index contributed by atoms with van der Waals surface area (Å²) in [6.45, 7) is 0.